The molecular weight excluding hydrogens is 190 g/mol. The van der Waals surface area contributed by atoms with Crippen molar-refractivity contribution in [1.29, 1.82) is 0 Å². The molecule has 80 valence electrons. The van der Waals surface area contributed by atoms with Gasteiger partial charge in [-0.25, -0.2) is 0 Å². The van der Waals surface area contributed by atoms with Crippen LogP contribution in [0.2, 0.25) is 0 Å². The highest BCUT2D eigenvalue weighted by Gasteiger charge is 2.54. The zero-order chi connectivity index (χ0) is 9.71. The fraction of sp³-hybridized carbons (Fsp3) is 1.00. The second kappa shape index (κ2) is 3.41. The van der Waals surface area contributed by atoms with E-state index in [2.05, 4.69) is 12.6 Å². The maximum absolute atomic E-state index is 5.86. The van der Waals surface area contributed by atoms with Gasteiger partial charge in [-0.2, -0.15) is 12.6 Å². The van der Waals surface area contributed by atoms with Crippen molar-refractivity contribution in [2.45, 2.75) is 25.7 Å². The molecular formula is C12H21NS. The van der Waals surface area contributed by atoms with Crippen LogP contribution in [0.15, 0.2) is 0 Å². The van der Waals surface area contributed by atoms with E-state index in [1.165, 1.54) is 25.7 Å². The number of fused-ring (bicyclic) bond motifs is 5. The minimum atomic E-state index is 0.875. The van der Waals surface area contributed by atoms with Crippen molar-refractivity contribution in [3.63, 3.8) is 0 Å². The highest BCUT2D eigenvalue weighted by Crippen LogP contribution is 2.61. The lowest BCUT2D eigenvalue weighted by Gasteiger charge is -2.30. The largest absolute Gasteiger partial charge is 0.330 e. The average molecular weight is 211 g/mol. The van der Waals surface area contributed by atoms with Gasteiger partial charge in [0.1, 0.15) is 0 Å². The van der Waals surface area contributed by atoms with Gasteiger partial charge in [-0.05, 0) is 73.5 Å². The van der Waals surface area contributed by atoms with Gasteiger partial charge in [0.15, 0.2) is 0 Å². The van der Waals surface area contributed by atoms with Crippen LogP contribution in [0.5, 0.6) is 0 Å². The fourth-order valence-electron chi connectivity index (χ4n) is 4.75. The summed E-state index contributed by atoms with van der Waals surface area (Å²) in [4.78, 5) is 0. The second-order valence-corrected chi connectivity index (χ2v) is 6.10. The molecule has 3 aliphatic rings. The smallest absolute Gasteiger partial charge is 0.00460 e. The highest BCUT2D eigenvalue weighted by atomic mass is 32.1. The molecule has 3 fully saturated rings. The topological polar surface area (TPSA) is 26.0 Å². The predicted molar refractivity (Wildman–Crippen MR) is 62.3 cm³/mol. The van der Waals surface area contributed by atoms with E-state index in [9.17, 15) is 0 Å². The van der Waals surface area contributed by atoms with Crippen LogP contribution >= 0.6 is 12.6 Å². The first-order valence-corrected chi connectivity index (χ1v) is 6.77. The third-order valence-electron chi connectivity index (χ3n) is 5.26. The molecule has 0 spiro atoms. The summed E-state index contributed by atoms with van der Waals surface area (Å²) in [5.41, 5.74) is 5.86. The Morgan fingerprint density at radius 2 is 1.79 bits per heavy atom. The SMILES string of the molecule is NCC1CC2CC1C1CC(CS)CC21. The van der Waals surface area contributed by atoms with Gasteiger partial charge in [0.25, 0.3) is 0 Å². The summed E-state index contributed by atoms with van der Waals surface area (Å²) in [6, 6.07) is 0. The third kappa shape index (κ3) is 1.19. The summed E-state index contributed by atoms with van der Waals surface area (Å²) in [7, 11) is 0. The maximum atomic E-state index is 5.86. The van der Waals surface area contributed by atoms with E-state index in [1.54, 1.807) is 0 Å². The van der Waals surface area contributed by atoms with Crippen LogP contribution in [-0.2, 0) is 0 Å². The monoisotopic (exact) mass is 211 g/mol. The first kappa shape index (κ1) is 9.53. The number of hydrogen-bond acceptors (Lipinski definition) is 2. The molecule has 0 heterocycles. The standard InChI is InChI=1S/C12H21NS/c13-5-9-3-8-4-11(9)12-2-7(6-14)1-10(8)12/h7-12,14H,1-6,13H2. The van der Waals surface area contributed by atoms with Gasteiger partial charge in [0, 0.05) is 0 Å². The van der Waals surface area contributed by atoms with Gasteiger partial charge < -0.3 is 5.73 Å². The summed E-state index contributed by atoms with van der Waals surface area (Å²) in [6.07, 6.45) is 5.90. The Bertz CT molecular complexity index is 228. The number of nitrogens with two attached hydrogens (primary N) is 1. The Balaban J connectivity index is 1.75. The summed E-state index contributed by atoms with van der Waals surface area (Å²) in [6.45, 7) is 0.940. The van der Waals surface area contributed by atoms with Crippen LogP contribution in [0, 0.1) is 35.5 Å². The van der Waals surface area contributed by atoms with Gasteiger partial charge in [-0.3, -0.25) is 0 Å². The Morgan fingerprint density at radius 3 is 2.50 bits per heavy atom. The Kier molecular flexibility index (Phi) is 2.32. The molecule has 2 bridgehead atoms. The molecule has 6 unspecified atom stereocenters. The second-order valence-electron chi connectivity index (χ2n) is 5.74. The lowest BCUT2D eigenvalue weighted by atomic mass is 9.76. The molecule has 14 heavy (non-hydrogen) atoms. The molecule has 0 aromatic carbocycles. The van der Waals surface area contributed by atoms with Crippen molar-refractivity contribution in [2.24, 2.45) is 41.2 Å². The zero-order valence-corrected chi connectivity index (χ0v) is 9.63. The highest BCUT2D eigenvalue weighted by molar-refractivity contribution is 7.80. The van der Waals surface area contributed by atoms with Crippen LogP contribution in [0.3, 0.4) is 0 Å². The van der Waals surface area contributed by atoms with E-state index in [0.29, 0.717) is 0 Å². The van der Waals surface area contributed by atoms with Gasteiger partial charge in [-0.15, -0.1) is 0 Å². The molecule has 0 aliphatic heterocycles. The van der Waals surface area contributed by atoms with Crippen molar-refractivity contribution in [3.8, 4) is 0 Å². The summed E-state index contributed by atoms with van der Waals surface area (Å²) >= 11 is 4.46. The van der Waals surface area contributed by atoms with Crippen molar-refractivity contribution in [3.05, 3.63) is 0 Å². The summed E-state index contributed by atoms with van der Waals surface area (Å²) < 4.78 is 0. The third-order valence-corrected chi connectivity index (χ3v) is 5.78. The minimum Gasteiger partial charge on any atom is -0.330 e. The molecule has 3 rings (SSSR count). The maximum Gasteiger partial charge on any atom is -0.00460 e. The van der Waals surface area contributed by atoms with E-state index in [0.717, 1.165) is 47.8 Å². The Morgan fingerprint density at radius 1 is 1.00 bits per heavy atom. The fourth-order valence-corrected chi connectivity index (χ4v) is 5.04. The van der Waals surface area contributed by atoms with Crippen LogP contribution < -0.4 is 5.73 Å². The van der Waals surface area contributed by atoms with E-state index < -0.39 is 0 Å². The van der Waals surface area contributed by atoms with Crippen LogP contribution in [0.4, 0.5) is 0 Å². The van der Waals surface area contributed by atoms with Gasteiger partial charge >= 0.3 is 0 Å². The molecule has 0 amide bonds. The molecule has 1 nitrogen and oxygen atoms in total. The lowest BCUT2D eigenvalue weighted by Crippen LogP contribution is -2.29. The first-order valence-electron chi connectivity index (χ1n) is 6.14. The molecule has 3 aliphatic carbocycles. The van der Waals surface area contributed by atoms with Crippen molar-refractivity contribution in [1.82, 2.24) is 0 Å². The molecule has 3 saturated carbocycles. The molecule has 2 N–H and O–H groups in total. The molecule has 2 heteroatoms. The van der Waals surface area contributed by atoms with Gasteiger partial charge in [-0.1, -0.05) is 0 Å². The van der Waals surface area contributed by atoms with E-state index in [4.69, 9.17) is 5.73 Å². The molecule has 6 atom stereocenters. The molecule has 0 aromatic rings. The minimum absolute atomic E-state index is 0.875. The zero-order valence-electron chi connectivity index (χ0n) is 8.73. The van der Waals surface area contributed by atoms with E-state index >= 15 is 0 Å². The van der Waals surface area contributed by atoms with Crippen LogP contribution in [-0.4, -0.2) is 12.3 Å². The summed E-state index contributed by atoms with van der Waals surface area (Å²) in [5.74, 6) is 7.07. The Hall–Kier alpha value is 0.310. The molecule has 0 aromatic heterocycles. The van der Waals surface area contributed by atoms with Crippen LogP contribution in [0.25, 0.3) is 0 Å². The normalized spacial score (nSPS) is 55.3. The Labute approximate surface area is 92.2 Å². The van der Waals surface area contributed by atoms with Crippen molar-refractivity contribution >= 4 is 12.6 Å². The van der Waals surface area contributed by atoms with Gasteiger partial charge in [0.05, 0.1) is 0 Å². The van der Waals surface area contributed by atoms with E-state index in [1.807, 2.05) is 0 Å². The van der Waals surface area contributed by atoms with Crippen molar-refractivity contribution < 1.29 is 0 Å². The quantitative estimate of drug-likeness (QED) is 0.673. The molecule has 0 radical (unpaired) electrons. The number of rotatable bonds is 2. The lowest BCUT2D eigenvalue weighted by molar-refractivity contribution is 0.194. The van der Waals surface area contributed by atoms with E-state index in [-0.39, 0.29) is 0 Å². The number of thiol groups is 1. The number of hydrogen-bond donors (Lipinski definition) is 2. The van der Waals surface area contributed by atoms with Crippen LogP contribution in [0.1, 0.15) is 25.7 Å². The summed E-state index contributed by atoms with van der Waals surface area (Å²) in [5, 5.41) is 0. The average Bonchev–Trinajstić information content (AvgIpc) is 2.87. The first-order chi connectivity index (χ1) is 6.83. The predicted octanol–water partition coefficient (Wildman–Crippen LogP) is 2.17. The van der Waals surface area contributed by atoms with Crippen molar-refractivity contribution in [2.75, 3.05) is 12.3 Å². The van der Waals surface area contributed by atoms with Gasteiger partial charge in [0.2, 0.25) is 0 Å². The molecule has 0 saturated heterocycles.